The molecule has 0 saturated carbocycles. The molecule has 0 radical (unpaired) electrons. The summed E-state index contributed by atoms with van der Waals surface area (Å²) in [6.45, 7) is 6.47. The second kappa shape index (κ2) is 18.4. The topological polar surface area (TPSA) is 165 Å². The van der Waals surface area contributed by atoms with E-state index in [1.165, 1.54) is 0 Å². The van der Waals surface area contributed by atoms with Gasteiger partial charge in [0.25, 0.3) is 0 Å². The quantitative estimate of drug-likeness (QED) is 0.169. The highest BCUT2D eigenvalue weighted by Gasteiger charge is 2.24. The number of rotatable bonds is 10. The lowest BCUT2D eigenvalue weighted by molar-refractivity contribution is 0.356. The van der Waals surface area contributed by atoms with Crippen molar-refractivity contribution in [2.24, 2.45) is 0 Å². The maximum absolute atomic E-state index is 5.48. The Morgan fingerprint density at radius 3 is 1.30 bits per heavy atom. The summed E-state index contributed by atoms with van der Waals surface area (Å²) in [7, 11) is 6.50. The van der Waals surface area contributed by atoms with E-state index in [0.29, 0.717) is 23.0 Å². The van der Waals surface area contributed by atoms with Gasteiger partial charge in [-0.05, 0) is 40.2 Å². The number of anilines is 6. The Morgan fingerprint density at radius 1 is 0.467 bits per heavy atom. The van der Waals surface area contributed by atoms with Crippen molar-refractivity contribution >= 4 is 72.6 Å². The van der Waals surface area contributed by atoms with Crippen LogP contribution in [0.1, 0.15) is 0 Å². The second-order valence-electron chi connectivity index (χ2n) is 13.8. The Labute approximate surface area is 355 Å². The van der Waals surface area contributed by atoms with Crippen molar-refractivity contribution in [3.05, 3.63) is 96.5 Å². The highest BCUT2D eigenvalue weighted by molar-refractivity contribution is 9.10. The molecule has 308 valence electrons. The Hall–Kier alpha value is -6.82. The van der Waals surface area contributed by atoms with Gasteiger partial charge in [0.2, 0.25) is 11.9 Å². The first-order valence-electron chi connectivity index (χ1n) is 19.3. The predicted octanol–water partition coefficient (Wildman–Crippen LogP) is 6.03. The van der Waals surface area contributed by atoms with E-state index < -0.39 is 0 Å². The smallest absolute Gasteiger partial charge is 0.225 e. The summed E-state index contributed by atoms with van der Waals surface area (Å²) in [5.74, 6) is 5.92. The van der Waals surface area contributed by atoms with Crippen LogP contribution in [0.4, 0.5) is 34.9 Å². The summed E-state index contributed by atoms with van der Waals surface area (Å²) < 4.78 is 22.6. The van der Waals surface area contributed by atoms with Crippen LogP contribution >= 0.6 is 15.9 Å². The fourth-order valence-corrected chi connectivity index (χ4v) is 7.39. The van der Waals surface area contributed by atoms with E-state index in [1.807, 2.05) is 67.0 Å². The van der Waals surface area contributed by atoms with E-state index in [1.54, 1.807) is 53.5 Å². The van der Waals surface area contributed by atoms with Crippen molar-refractivity contribution in [3.8, 4) is 23.0 Å². The lowest BCUT2D eigenvalue weighted by atomic mass is 10.2. The number of ether oxygens (including phenoxy) is 4. The van der Waals surface area contributed by atoms with Gasteiger partial charge in [0, 0.05) is 93.3 Å². The van der Waals surface area contributed by atoms with Gasteiger partial charge >= 0.3 is 0 Å². The minimum Gasteiger partial charge on any atom is -0.493 e. The number of hydrogen-bond donors (Lipinski definition) is 1. The van der Waals surface area contributed by atoms with Crippen LogP contribution in [0, 0.1) is 0 Å². The van der Waals surface area contributed by atoms with Crippen molar-refractivity contribution in [1.29, 1.82) is 0 Å². The van der Waals surface area contributed by atoms with Crippen molar-refractivity contribution in [1.82, 2.24) is 39.9 Å². The monoisotopic (exact) mass is 873 g/mol. The Bertz CT molecular complexity index is 2520. The van der Waals surface area contributed by atoms with E-state index >= 15 is 0 Å². The second-order valence-corrected chi connectivity index (χ2v) is 14.7. The summed E-state index contributed by atoms with van der Waals surface area (Å²) in [4.78, 5) is 44.7. The Kier molecular flexibility index (Phi) is 12.3. The van der Waals surface area contributed by atoms with Crippen LogP contribution in [-0.4, -0.2) is 121 Å². The molecule has 9 rings (SSSR count). The molecule has 3 aromatic carbocycles. The van der Waals surface area contributed by atoms with Gasteiger partial charge in [-0.3, -0.25) is 0 Å². The van der Waals surface area contributed by atoms with Crippen molar-refractivity contribution in [2.45, 2.75) is 0 Å². The number of hydrogen-bond acceptors (Lipinski definition) is 17. The van der Waals surface area contributed by atoms with Gasteiger partial charge in [0.1, 0.15) is 24.3 Å². The number of aromatic nitrogens is 8. The Balaban J connectivity index is 0.000000170. The van der Waals surface area contributed by atoms with E-state index in [2.05, 4.69) is 80.7 Å². The molecule has 7 aromatic rings. The summed E-state index contributed by atoms with van der Waals surface area (Å²) in [6, 6.07) is 17.6. The van der Waals surface area contributed by atoms with E-state index in [0.717, 1.165) is 114 Å². The molecule has 6 heterocycles. The average molecular weight is 875 g/mol. The van der Waals surface area contributed by atoms with Crippen LogP contribution < -0.4 is 43.9 Å². The van der Waals surface area contributed by atoms with Crippen LogP contribution in [0.2, 0.25) is 0 Å². The molecule has 2 aliphatic heterocycles. The van der Waals surface area contributed by atoms with Gasteiger partial charge in [-0.1, -0.05) is 18.2 Å². The van der Waals surface area contributed by atoms with Crippen molar-refractivity contribution in [2.75, 3.05) is 106 Å². The van der Waals surface area contributed by atoms with Gasteiger partial charge < -0.3 is 43.9 Å². The number of benzene rings is 3. The molecule has 18 heteroatoms. The molecule has 0 aliphatic carbocycles. The highest BCUT2D eigenvalue weighted by Crippen LogP contribution is 2.36. The minimum atomic E-state index is 0.654. The molecule has 0 spiro atoms. The largest absolute Gasteiger partial charge is 0.493 e. The van der Waals surface area contributed by atoms with Gasteiger partial charge in [0.05, 0.1) is 62.0 Å². The standard InChI is InChI=1S/C24H25N7O2.C18H19BrN6O2/c1-32-21-12-19-20(13-22(21)33-2)27-16-28-23(19)30-8-10-31(11-9-30)24-25-14-18(15-26-24)29-17-6-4-3-5-7-17;1-26-15-7-13-14(8-16(15)27-2)22-11-23-17(13)24-3-5-25(6-4-24)18-20-9-12(19)10-21-18/h3-7,12-16,29H,8-11H2,1-2H3;7-11H,3-6H2,1-2H3. The highest BCUT2D eigenvalue weighted by atomic mass is 79.9. The molecule has 2 aliphatic rings. The predicted molar refractivity (Wildman–Crippen MR) is 236 cm³/mol. The summed E-state index contributed by atoms with van der Waals surface area (Å²) in [6.07, 6.45) is 10.4. The molecule has 0 atom stereocenters. The number of fused-ring (bicyclic) bond motifs is 2. The molecule has 2 saturated heterocycles. The molecule has 0 unspecified atom stereocenters. The van der Waals surface area contributed by atoms with Crippen LogP contribution in [0.25, 0.3) is 21.8 Å². The lowest BCUT2D eigenvalue weighted by Crippen LogP contribution is -2.47. The van der Waals surface area contributed by atoms with Crippen LogP contribution in [0.3, 0.4) is 0 Å². The van der Waals surface area contributed by atoms with E-state index in [9.17, 15) is 0 Å². The molecule has 0 amide bonds. The van der Waals surface area contributed by atoms with Crippen LogP contribution in [0.5, 0.6) is 23.0 Å². The summed E-state index contributed by atoms with van der Waals surface area (Å²) >= 11 is 3.37. The molecule has 60 heavy (non-hydrogen) atoms. The maximum Gasteiger partial charge on any atom is 0.225 e. The molecule has 0 bridgehead atoms. The molecular weight excluding hydrogens is 830 g/mol. The van der Waals surface area contributed by atoms with Crippen molar-refractivity contribution in [3.63, 3.8) is 0 Å². The van der Waals surface area contributed by atoms with Crippen LogP contribution in [0.15, 0.2) is 96.5 Å². The van der Waals surface area contributed by atoms with Gasteiger partial charge in [0.15, 0.2) is 23.0 Å². The number of para-hydroxylation sites is 1. The first-order valence-corrected chi connectivity index (χ1v) is 20.1. The normalized spacial score (nSPS) is 14.1. The number of piperazine rings is 2. The maximum atomic E-state index is 5.48. The molecule has 4 aromatic heterocycles. The SMILES string of the molecule is COc1cc2ncnc(N3CCN(c4ncc(Br)cn4)CC3)c2cc1OC.COc1cc2ncnc(N3CCN(c4ncc(Nc5ccccc5)cn4)CC3)c2cc1OC. The molecular formula is C42H44BrN13O4. The zero-order valence-corrected chi connectivity index (χ0v) is 35.3. The Morgan fingerprint density at radius 2 is 0.867 bits per heavy atom. The first-order chi connectivity index (χ1) is 29.4. The molecule has 17 nitrogen and oxygen atoms in total. The fourth-order valence-electron chi connectivity index (χ4n) is 7.19. The van der Waals surface area contributed by atoms with E-state index in [4.69, 9.17) is 18.9 Å². The third kappa shape index (κ3) is 8.78. The fraction of sp³-hybridized carbons (Fsp3) is 0.286. The summed E-state index contributed by atoms with van der Waals surface area (Å²) in [5.41, 5.74) is 3.52. The number of nitrogens with zero attached hydrogens (tertiary/aromatic N) is 12. The summed E-state index contributed by atoms with van der Waals surface area (Å²) in [5, 5.41) is 5.20. The number of nitrogens with one attached hydrogen (secondary N) is 1. The first kappa shape index (κ1) is 40.0. The number of methoxy groups -OCH3 is 4. The lowest BCUT2D eigenvalue weighted by Gasteiger charge is -2.35. The zero-order valence-electron chi connectivity index (χ0n) is 33.7. The molecule has 2 fully saturated rings. The van der Waals surface area contributed by atoms with E-state index in [-0.39, 0.29) is 0 Å². The van der Waals surface area contributed by atoms with Gasteiger partial charge in [-0.25, -0.2) is 39.9 Å². The average Bonchev–Trinajstić information content (AvgIpc) is 3.31. The molecule has 1 N–H and O–H groups in total. The minimum absolute atomic E-state index is 0.654. The van der Waals surface area contributed by atoms with Gasteiger partial charge in [-0.15, -0.1) is 0 Å². The third-order valence-electron chi connectivity index (χ3n) is 10.3. The third-order valence-corrected chi connectivity index (χ3v) is 10.7. The van der Waals surface area contributed by atoms with Gasteiger partial charge in [-0.2, -0.15) is 0 Å². The number of halogens is 1. The van der Waals surface area contributed by atoms with Crippen LogP contribution in [-0.2, 0) is 0 Å². The van der Waals surface area contributed by atoms with Crippen molar-refractivity contribution < 1.29 is 18.9 Å². The zero-order chi connectivity index (χ0) is 41.4.